The minimum absolute atomic E-state index is 0.0360. The van der Waals surface area contributed by atoms with Crippen molar-refractivity contribution in [3.8, 4) is 46.0 Å². The van der Waals surface area contributed by atoms with Gasteiger partial charge in [-0.1, -0.05) is 91.0 Å². The molecule has 8 rings (SSSR count). The van der Waals surface area contributed by atoms with Crippen LogP contribution in [0, 0.1) is 24.5 Å². The van der Waals surface area contributed by atoms with Gasteiger partial charge in [0.2, 0.25) is 0 Å². The van der Waals surface area contributed by atoms with Crippen LogP contribution in [0.4, 0.5) is 0 Å². The van der Waals surface area contributed by atoms with Crippen molar-refractivity contribution in [2.45, 2.75) is 34.6 Å². The Bertz CT molecular complexity index is 2900. The summed E-state index contributed by atoms with van der Waals surface area (Å²) in [6.45, 7) is 8.92. The monoisotopic (exact) mass is 1090 g/mol. The molecule has 3 heterocycles. The zero-order valence-corrected chi connectivity index (χ0v) is 44.3. The lowest BCUT2D eigenvalue weighted by Gasteiger charge is -2.10. The second-order valence-corrected chi connectivity index (χ2v) is 16.8. The first kappa shape index (κ1) is 56.9. The van der Waals surface area contributed by atoms with E-state index in [4.69, 9.17) is 23.7 Å². The molecule has 0 saturated carbocycles. The zero-order valence-electron chi connectivity index (χ0n) is 42.1. The molecule has 0 aliphatic heterocycles. The summed E-state index contributed by atoms with van der Waals surface area (Å²) < 4.78 is 33.7. The van der Waals surface area contributed by atoms with E-state index in [1.54, 1.807) is 52.8 Å². The molecule has 0 saturated heterocycles. The molecule has 8 aromatic rings. The fraction of sp³-hybridized carbons (Fsp3) is 0.204. The maximum Gasteiger partial charge on any atom is 0.514 e. The molecule has 72 heavy (non-hydrogen) atoms. The molecule has 0 atom stereocenters. The van der Waals surface area contributed by atoms with E-state index in [9.17, 15) is 19.6 Å². The molecule has 0 amide bonds. The average Bonchev–Trinajstić information content (AvgIpc) is 3.94. The molecular formula is C54H61BIN7O9. The number of hydrogen-bond donors (Lipinski definition) is 2. The minimum atomic E-state index is -1.64. The molecule has 0 fully saturated rings. The Balaban J connectivity index is 0.000000197. The topological polar surface area (TPSA) is 177 Å². The van der Waals surface area contributed by atoms with E-state index in [1.165, 1.54) is 13.8 Å². The van der Waals surface area contributed by atoms with E-state index in [1.807, 2.05) is 186 Å². The molecule has 18 heteroatoms. The van der Waals surface area contributed by atoms with E-state index in [-0.39, 0.29) is 23.8 Å². The van der Waals surface area contributed by atoms with Crippen LogP contribution in [0.25, 0.3) is 0 Å². The van der Waals surface area contributed by atoms with E-state index in [2.05, 4.69) is 37.9 Å². The summed E-state index contributed by atoms with van der Waals surface area (Å²) in [5.74, 6) is 6.02. The lowest BCUT2D eigenvalue weighted by molar-refractivity contribution is -0.119. The number of ether oxygens (including phenoxy) is 5. The standard InChI is InChI=1S/C12H15NO2.C11H13BN2O3.C11H11IN2O.C11H12N2O.C9H10O2/c1-10(14)12(9-13(2)3)15-11-7-5-4-6-8-11;1-8-10(11(12(15)16)13-14(8)2)17-9-6-4-3-5-7-9;1-8-10(11(12)13-14(8)2)15-9-6-4-3-5-7-9;1-9-11(8-12-13(9)2)14-10-6-4-3-5-7-10;1-8(10)7-11-9-5-3-2-4-6-9/h4-9H,1-3H3;3-7,15-16H,1-2H3;3-7H,1-2H3;3-8H,1-2H3;2-6H,7H2,1H3/b12-9+;;;;. The number of para-hydroxylation sites is 5. The molecule has 5 aromatic carbocycles. The molecule has 0 unspecified atom stereocenters. The van der Waals surface area contributed by atoms with E-state index in [0.717, 1.165) is 49.5 Å². The first-order chi connectivity index (χ1) is 34.4. The Morgan fingerprint density at radius 3 is 1.40 bits per heavy atom. The summed E-state index contributed by atoms with van der Waals surface area (Å²) in [5.41, 5.74) is 2.91. The van der Waals surface area contributed by atoms with Gasteiger partial charge in [-0.3, -0.25) is 23.6 Å². The van der Waals surface area contributed by atoms with Gasteiger partial charge in [-0.15, -0.1) is 0 Å². The van der Waals surface area contributed by atoms with Gasteiger partial charge >= 0.3 is 7.12 Å². The first-order valence-electron chi connectivity index (χ1n) is 22.5. The van der Waals surface area contributed by atoms with Crippen molar-refractivity contribution in [1.82, 2.24) is 34.2 Å². The number of aromatic nitrogens is 6. The lowest BCUT2D eigenvalue weighted by Crippen LogP contribution is -2.32. The predicted molar refractivity (Wildman–Crippen MR) is 288 cm³/mol. The van der Waals surface area contributed by atoms with Crippen molar-refractivity contribution in [2.75, 3.05) is 20.7 Å². The molecule has 0 radical (unpaired) electrons. The number of carbonyl (C=O) groups is 2. The molecule has 0 spiro atoms. The van der Waals surface area contributed by atoms with E-state index < -0.39 is 7.12 Å². The second-order valence-electron chi connectivity index (χ2n) is 15.8. The third-order valence-corrected chi connectivity index (χ3v) is 10.5. The Morgan fingerprint density at radius 2 is 1.01 bits per heavy atom. The van der Waals surface area contributed by atoms with Crippen LogP contribution in [-0.4, -0.2) is 83.7 Å². The van der Waals surface area contributed by atoms with Gasteiger partial charge < -0.3 is 38.6 Å². The van der Waals surface area contributed by atoms with Gasteiger partial charge in [0.25, 0.3) is 0 Å². The summed E-state index contributed by atoms with van der Waals surface area (Å²) >= 11 is 2.18. The van der Waals surface area contributed by atoms with Crippen LogP contribution < -0.4 is 29.3 Å². The largest absolute Gasteiger partial charge is 0.514 e. The third-order valence-electron chi connectivity index (χ3n) is 9.75. The maximum absolute atomic E-state index is 11.3. The number of hydrogen-bond acceptors (Lipinski definition) is 13. The molecule has 0 aliphatic rings. The SMILES string of the molecule is CC(=O)/C(=C\N(C)C)Oc1ccccc1.CC(=O)COc1ccccc1.Cc1c(Oc2ccccc2)c(B(O)O)nn1C.Cc1c(Oc2ccccc2)c(I)nn1C.Cc1c(Oc2ccccc2)cnn1C. The van der Waals surface area contributed by atoms with Crippen LogP contribution in [0.1, 0.15) is 30.9 Å². The predicted octanol–water partition coefficient (Wildman–Crippen LogP) is 9.56. The number of benzene rings is 5. The number of rotatable bonds is 14. The maximum atomic E-state index is 11.3. The number of Topliss-reactive ketones (excluding diaryl/α,β-unsaturated/α-hetero) is 2. The van der Waals surface area contributed by atoms with Crippen molar-refractivity contribution in [2.24, 2.45) is 21.1 Å². The van der Waals surface area contributed by atoms with Gasteiger partial charge in [0.1, 0.15) is 40.9 Å². The Kier molecular flexibility index (Phi) is 23.3. The van der Waals surface area contributed by atoms with Gasteiger partial charge in [-0.2, -0.15) is 15.3 Å². The number of carbonyl (C=O) groups excluding carboxylic acids is 2. The summed E-state index contributed by atoms with van der Waals surface area (Å²) in [4.78, 5) is 23.5. The van der Waals surface area contributed by atoms with Crippen LogP contribution >= 0.6 is 22.6 Å². The highest BCUT2D eigenvalue weighted by molar-refractivity contribution is 14.1. The van der Waals surface area contributed by atoms with Crippen LogP contribution in [0.5, 0.6) is 46.0 Å². The molecule has 0 aliphatic carbocycles. The number of ketones is 2. The van der Waals surface area contributed by atoms with Crippen molar-refractivity contribution >= 4 is 46.9 Å². The third kappa shape index (κ3) is 19.3. The second kappa shape index (κ2) is 29.5. The molecule has 16 nitrogen and oxygen atoms in total. The first-order valence-corrected chi connectivity index (χ1v) is 23.6. The number of halogens is 1. The number of aryl methyl sites for hydroxylation is 3. The highest BCUT2D eigenvalue weighted by Gasteiger charge is 2.25. The average molecular weight is 1090 g/mol. The van der Waals surface area contributed by atoms with Crippen molar-refractivity contribution in [3.05, 3.63) is 191 Å². The Hall–Kier alpha value is -7.68. The molecule has 376 valence electrons. The van der Waals surface area contributed by atoms with Crippen LogP contribution in [-0.2, 0) is 30.7 Å². The normalized spacial score (nSPS) is 10.3. The van der Waals surface area contributed by atoms with Crippen LogP contribution in [0.15, 0.2) is 170 Å². The smallest absolute Gasteiger partial charge is 0.486 e. The Morgan fingerprint density at radius 1 is 0.597 bits per heavy atom. The highest BCUT2D eigenvalue weighted by Crippen LogP contribution is 2.29. The lowest BCUT2D eigenvalue weighted by atomic mass is 9.85. The quantitative estimate of drug-likeness (QED) is 0.0456. The molecular weight excluding hydrogens is 1030 g/mol. The number of allylic oxidation sites excluding steroid dienone is 1. The fourth-order valence-electron chi connectivity index (χ4n) is 5.72. The van der Waals surface area contributed by atoms with Gasteiger partial charge in [-0.25, -0.2) is 0 Å². The van der Waals surface area contributed by atoms with Crippen LogP contribution in [0.3, 0.4) is 0 Å². The van der Waals surface area contributed by atoms with Gasteiger partial charge in [0.15, 0.2) is 38.3 Å². The summed E-state index contributed by atoms with van der Waals surface area (Å²) in [7, 11) is 7.57. The molecule has 0 bridgehead atoms. The summed E-state index contributed by atoms with van der Waals surface area (Å²) in [6.07, 6.45) is 3.39. The Labute approximate surface area is 435 Å². The fourth-order valence-corrected chi connectivity index (χ4v) is 6.55. The van der Waals surface area contributed by atoms with Gasteiger partial charge in [0.05, 0.1) is 23.3 Å². The van der Waals surface area contributed by atoms with E-state index in [0.29, 0.717) is 23.0 Å². The molecule has 3 aromatic heterocycles. The van der Waals surface area contributed by atoms with Crippen molar-refractivity contribution in [1.29, 1.82) is 0 Å². The summed E-state index contributed by atoms with van der Waals surface area (Å²) in [5, 5.41) is 30.8. The minimum Gasteiger partial charge on any atom is -0.486 e. The van der Waals surface area contributed by atoms with Crippen LogP contribution in [0.2, 0.25) is 0 Å². The molecule has 2 N–H and O–H groups in total. The van der Waals surface area contributed by atoms with Gasteiger partial charge in [-0.05, 0) is 111 Å². The zero-order chi connectivity index (χ0) is 52.6. The van der Waals surface area contributed by atoms with E-state index >= 15 is 0 Å². The highest BCUT2D eigenvalue weighted by atomic mass is 127. The van der Waals surface area contributed by atoms with Gasteiger partial charge in [0, 0.05) is 48.4 Å². The number of nitrogens with zero attached hydrogens (tertiary/aromatic N) is 7. The van der Waals surface area contributed by atoms with Crippen molar-refractivity contribution in [3.63, 3.8) is 0 Å². The van der Waals surface area contributed by atoms with Crippen molar-refractivity contribution < 1.29 is 43.3 Å². The summed E-state index contributed by atoms with van der Waals surface area (Å²) in [6, 6.07) is 47.1.